The van der Waals surface area contributed by atoms with Gasteiger partial charge in [0.15, 0.2) is 0 Å². The van der Waals surface area contributed by atoms with Gasteiger partial charge in [-0.15, -0.1) is 0 Å². The first-order valence-corrected chi connectivity index (χ1v) is 8.90. The molecule has 0 atom stereocenters. The first kappa shape index (κ1) is 15.5. The maximum atomic E-state index is 12.6. The van der Waals surface area contributed by atoms with Crippen LogP contribution in [0, 0.1) is 0 Å². The van der Waals surface area contributed by atoms with Crippen molar-refractivity contribution in [1.29, 1.82) is 0 Å². The number of carbonyl (C=O) groups excluding carboxylic acids is 1. The lowest BCUT2D eigenvalue weighted by atomic mass is 9.99. The minimum atomic E-state index is 0.208. The van der Waals surface area contributed by atoms with Gasteiger partial charge in [-0.3, -0.25) is 4.79 Å². The second kappa shape index (κ2) is 7.28. The lowest BCUT2D eigenvalue weighted by Crippen LogP contribution is -2.48. The molecular weight excluding hydrogens is 272 g/mol. The standard InChI is InChI=1S/C19H28N2O/c1-2-16-6-8-17(9-7-16)19(22)21-14-10-18(11-15-21)20-12-4-3-5-13-20/h6-9,18H,2-5,10-15H2,1H3. The lowest BCUT2D eigenvalue weighted by Gasteiger charge is -2.40. The van der Waals surface area contributed by atoms with E-state index >= 15 is 0 Å². The number of aryl methyl sites for hydroxylation is 1. The molecule has 0 unspecified atom stereocenters. The Morgan fingerprint density at radius 1 is 1.00 bits per heavy atom. The maximum absolute atomic E-state index is 12.6. The van der Waals surface area contributed by atoms with Gasteiger partial charge in [0.25, 0.3) is 5.91 Å². The van der Waals surface area contributed by atoms with E-state index in [4.69, 9.17) is 0 Å². The molecular formula is C19H28N2O. The molecule has 1 aromatic rings. The molecule has 22 heavy (non-hydrogen) atoms. The smallest absolute Gasteiger partial charge is 0.253 e. The Labute approximate surface area is 134 Å². The topological polar surface area (TPSA) is 23.6 Å². The van der Waals surface area contributed by atoms with E-state index in [0.717, 1.165) is 37.9 Å². The van der Waals surface area contributed by atoms with Gasteiger partial charge >= 0.3 is 0 Å². The van der Waals surface area contributed by atoms with E-state index in [0.29, 0.717) is 6.04 Å². The van der Waals surface area contributed by atoms with Crippen LogP contribution in [0.1, 0.15) is 54.9 Å². The number of amides is 1. The quantitative estimate of drug-likeness (QED) is 0.855. The van der Waals surface area contributed by atoms with E-state index in [2.05, 4.69) is 24.0 Å². The van der Waals surface area contributed by atoms with Gasteiger partial charge in [0.05, 0.1) is 0 Å². The van der Waals surface area contributed by atoms with Crippen LogP contribution in [0.25, 0.3) is 0 Å². The summed E-state index contributed by atoms with van der Waals surface area (Å²) in [7, 11) is 0. The molecule has 3 heteroatoms. The van der Waals surface area contributed by atoms with Crippen LogP contribution in [0.5, 0.6) is 0 Å². The van der Waals surface area contributed by atoms with Crippen molar-refractivity contribution < 1.29 is 4.79 Å². The van der Waals surface area contributed by atoms with E-state index in [1.54, 1.807) is 0 Å². The monoisotopic (exact) mass is 300 g/mol. The molecule has 1 amide bonds. The van der Waals surface area contributed by atoms with E-state index in [-0.39, 0.29) is 5.91 Å². The molecule has 120 valence electrons. The average molecular weight is 300 g/mol. The van der Waals surface area contributed by atoms with Crippen LogP contribution >= 0.6 is 0 Å². The number of rotatable bonds is 3. The van der Waals surface area contributed by atoms with Crippen LogP contribution < -0.4 is 0 Å². The van der Waals surface area contributed by atoms with Crippen molar-refractivity contribution in [3.05, 3.63) is 35.4 Å². The van der Waals surface area contributed by atoms with E-state index < -0.39 is 0 Å². The number of benzene rings is 1. The van der Waals surface area contributed by atoms with Crippen LogP contribution in [-0.2, 0) is 6.42 Å². The number of likely N-dealkylation sites (tertiary alicyclic amines) is 2. The molecule has 0 N–H and O–H groups in total. The number of piperidine rings is 2. The summed E-state index contributed by atoms with van der Waals surface area (Å²) in [5.74, 6) is 0.208. The SMILES string of the molecule is CCc1ccc(C(=O)N2CCC(N3CCCCC3)CC2)cc1. The van der Waals surface area contributed by atoms with E-state index in [9.17, 15) is 4.79 Å². The highest BCUT2D eigenvalue weighted by Gasteiger charge is 2.27. The molecule has 0 aromatic heterocycles. The number of hydrogen-bond donors (Lipinski definition) is 0. The van der Waals surface area contributed by atoms with Gasteiger partial charge in [-0.25, -0.2) is 0 Å². The molecule has 0 radical (unpaired) electrons. The largest absolute Gasteiger partial charge is 0.339 e. The zero-order valence-corrected chi connectivity index (χ0v) is 13.8. The molecule has 2 fully saturated rings. The Bertz CT molecular complexity index is 483. The number of hydrogen-bond acceptors (Lipinski definition) is 2. The van der Waals surface area contributed by atoms with Gasteiger partial charge in [-0.05, 0) is 62.9 Å². The van der Waals surface area contributed by atoms with Crippen LogP contribution in [0.4, 0.5) is 0 Å². The maximum Gasteiger partial charge on any atom is 0.253 e. The van der Waals surface area contributed by atoms with Crippen LogP contribution in [0.3, 0.4) is 0 Å². The van der Waals surface area contributed by atoms with Crippen molar-refractivity contribution in [2.75, 3.05) is 26.2 Å². The van der Waals surface area contributed by atoms with Crippen molar-refractivity contribution in [3.8, 4) is 0 Å². The van der Waals surface area contributed by atoms with E-state index in [1.807, 2.05) is 17.0 Å². The summed E-state index contributed by atoms with van der Waals surface area (Å²) >= 11 is 0. The fourth-order valence-corrected chi connectivity index (χ4v) is 3.78. The number of nitrogens with zero attached hydrogens (tertiary/aromatic N) is 2. The minimum Gasteiger partial charge on any atom is -0.339 e. The van der Waals surface area contributed by atoms with Gasteiger partial charge in [-0.2, -0.15) is 0 Å². The Kier molecular flexibility index (Phi) is 5.14. The molecule has 0 spiro atoms. The predicted octanol–water partition coefficient (Wildman–Crippen LogP) is 3.34. The Hall–Kier alpha value is -1.35. The number of carbonyl (C=O) groups is 1. The molecule has 1 aromatic carbocycles. The van der Waals surface area contributed by atoms with Gasteiger partial charge in [0.2, 0.25) is 0 Å². The van der Waals surface area contributed by atoms with Crippen molar-refractivity contribution in [2.24, 2.45) is 0 Å². The van der Waals surface area contributed by atoms with E-state index in [1.165, 1.54) is 37.9 Å². The zero-order chi connectivity index (χ0) is 15.4. The molecule has 2 aliphatic heterocycles. The Morgan fingerprint density at radius 3 is 2.23 bits per heavy atom. The molecule has 3 rings (SSSR count). The Balaban J connectivity index is 1.54. The first-order chi connectivity index (χ1) is 10.8. The third-order valence-electron chi connectivity index (χ3n) is 5.27. The molecule has 3 nitrogen and oxygen atoms in total. The summed E-state index contributed by atoms with van der Waals surface area (Å²) < 4.78 is 0. The second-order valence-corrected chi connectivity index (χ2v) is 6.67. The van der Waals surface area contributed by atoms with Crippen molar-refractivity contribution >= 4 is 5.91 Å². The normalized spacial score (nSPS) is 21.0. The fourth-order valence-electron chi connectivity index (χ4n) is 3.78. The average Bonchev–Trinajstić information content (AvgIpc) is 2.62. The molecule has 0 saturated carbocycles. The van der Waals surface area contributed by atoms with Crippen LogP contribution in [0.2, 0.25) is 0 Å². The van der Waals surface area contributed by atoms with Crippen molar-refractivity contribution in [3.63, 3.8) is 0 Å². The fraction of sp³-hybridized carbons (Fsp3) is 0.632. The highest BCUT2D eigenvalue weighted by atomic mass is 16.2. The summed E-state index contributed by atoms with van der Waals surface area (Å²) in [6.45, 7) is 6.49. The zero-order valence-electron chi connectivity index (χ0n) is 13.8. The molecule has 2 heterocycles. The minimum absolute atomic E-state index is 0.208. The van der Waals surface area contributed by atoms with Crippen molar-refractivity contribution in [1.82, 2.24) is 9.80 Å². The summed E-state index contributed by atoms with van der Waals surface area (Å²) in [5, 5.41) is 0. The third-order valence-corrected chi connectivity index (χ3v) is 5.27. The summed E-state index contributed by atoms with van der Waals surface area (Å²) in [6.07, 6.45) is 7.39. The highest BCUT2D eigenvalue weighted by Crippen LogP contribution is 2.22. The summed E-state index contributed by atoms with van der Waals surface area (Å²) in [4.78, 5) is 17.3. The van der Waals surface area contributed by atoms with Gasteiger partial charge in [0, 0.05) is 24.7 Å². The molecule has 2 saturated heterocycles. The Morgan fingerprint density at radius 2 is 1.64 bits per heavy atom. The second-order valence-electron chi connectivity index (χ2n) is 6.67. The van der Waals surface area contributed by atoms with Crippen LogP contribution in [0.15, 0.2) is 24.3 Å². The van der Waals surface area contributed by atoms with Gasteiger partial charge < -0.3 is 9.80 Å². The first-order valence-electron chi connectivity index (χ1n) is 8.90. The molecule has 0 aliphatic carbocycles. The van der Waals surface area contributed by atoms with Crippen LogP contribution in [-0.4, -0.2) is 47.9 Å². The van der Waals surface area contributed by atoms with Crippen molar-refractivity contribution in [2.45, 2.75) is 51.5 Å². The molecule has 0 bridgehead atoms. The van der Waals surface area contributed by atoms with Gasteiger partial charge in [0.1, 0.15) is 0 Å². The van der Waals surface area contributed by atoms with Gasteiger partial charge in [-0.1, -0.05) is 25.5 Å². The highest BCUT2D eigenvalue weighted by molar-refractivity contribution is 5.94. The predicted molar refractivity (Wildman–Crippen MR) is 90.2 cm³/mol. The summed E-state index contributed by atoms with van der Waals surface area (Å²) in [5.41, 5.74) is 2.13. The molecule has 2 aliphatic rings. The summed E-state index contributed by atoms with van der Waals surface area (Å²) in [6, 6.07) is 8.82. The third kappa shape index (κ3) is 3.52. The lowest BCUT2D eigenvalue weighted by molar-refractivity contribution is 0.0590.